The number of aromatic nitrogens is 2. The Morgan fingerprint density at radius 2 is 2.00 bits per heavy atom. The first kappa shape index (κ1) is 23.1. The van der Waals surface area contributed by atoms with E-state index in [9.17, 15) is 22.0 Å². The molecule has 0 saturated carbocycles. The third kappa shape index (κ3) is 4.25. The van der Waals surface area contributed by atoms with Crippen LogP contribution in [0.25, 0.3) is 5.65 Å². The summed E-state index contributed by atoms with van der Waals surface area (Å²) in [7, 11) is -4.16. The summed E-state index contributed by atoms with van der Waals surface area (Å²) >= 11 is 0. The lowest BCUT2D eigenvalue weighted by Gasteiger charge is -2.37. The average Bonchev–Trinajstić information content (AvgIpc) is 3.05. The van der Waals surface area contributed by atoms with Gasteiger partial charge in [0.05, 0.1) is 24.4 Å². The number of fused-ring (bicyclic) bond motifs is 1. The molecule has 0 spiro atoms. The monoisotopic (exact) mass is 470 g/mol. The normalized spacial score (nSPS) is 23.3. The van der Waals surface area contributed by atoms with Gasteiger partial charge in [-0.1, -0.05) is 13.8 Å². The molecule has 2 aliphatic heterocycles. The molecule has 32 heavy (non-hydrogen) atoms. The molecule has 11 heteroatoms. The quantitative estimate of drug-likeness (QED) is 0.726. The van der Waals surface area contributed by atoms with Crippen LogP contribution in [0.1, 0.15) is 62.5 Å². The number of alkyl halides is 2. The van der Waals surface area contributed by atoms with Gasteiger partial charge in [-0.3, -0.25) is 9.20 Å². The topological polar surface area (TPSA) is 93.0 Å². The largest absolute Gasteiger partial charge is 0.375 e. The van der Waals surface area contributed by atoms with Crippen LogP contribution in [0.15, 0.2) is 23.4 Å². The summed E-state index contributed by atoms with van der Waals surface area (Å²) in [6.45, 7) is 6.39. The fraction of sp³-hybridized carbons (Fsp3) is 0.619. The number of carbonyl (C=O) groups excluding carboxylic acids is 1. The summed E-state index contributed by atoms with van der Waals surface area (Å²) in [6, 6.07) is 3.01. The first-order valence-corrected chi connectivity index (χ1v) is 12.1. The first-order valence-electron chi connectivity index (χ1n) is 10.6. The highest BCUT2D eigenvalue weighted by atomic mass is 32.2. The Kier molecular flexibility index (Phi) is 5.58. The maximum Gasteiger partial charge on any atom is 0.275 e. The van der Waals surface area contributed by atoms with Gasteiger partial charge in [0.15, 0.2) is 5.03 Å². The van der Waals surface area contributed by atoms with Gasteiger partial charge in [-0.05, 0) is 44.7 Å². The van der Waals surface area contributed by atoms with Crippen molar-refractivity contribution in [3.8, 4) is 0 Å². The van der Waals surface area contributed by atoms with Crippen LogP contribution in [0.5, 0.6) is 0 Å². The van der Waals surface area contributed by atoms with Crippen LogP contribution < -0.4 is 5.32 Å². The maximum absolute atomic E-state index is 13.3. The van der Waals surface area contributed by atoms with E-state index in [2.05, 4.69) is 10.3 Å². The molecular formula is C21H28F2N4O4S. The molecule has 1 atom stereocenters. The Morgan fingerprint density at radius 3 is 2.59 bits per heavy atom. The highest BCUT2D eigenvalue weighted by molar-refractivity contribution is 7.89. The van der Waals surface area contributed by atoms with E-state index in [4.69, 9.17) is 4.74 Å². The summed E-state index contributed by atoms with van der Waals surface area (Å²) in [6.07, 6.45) is 2.85. The van der Waals surface area contributed by atoms with Gasteiger partial charge in [-0.2, -0.15) is 4.31 Å². The minimum absolute atomic E-state index is 0.0301. The number of halogens is 2. The molecular weight excluding hydrogens is 442 g/mol. The van der Waals surface area contributed by atoms with Crippen LogP contribution in [-0.2, 0) is 14.8 Å². The molecule has 1 N–H and O–H groups in total. The van der Waals surface area contributed by atoms with Crippen molar-refractivity contribution in [3.63, 3.8) is 0 Å². The SMILES string of the molecule is CC(C)c1nc2cc(C(=O)NC3CCOC(C)(C)C3)ccn2c1S(=O)(=O)N1CC(F)(F)C1. The number of carbonyl (C=O) groups is 1. The van der Waals surface area contributed by atoms with E-state index in [0.29, 0.717) is 25.0 Å². The molecule has 1 amide bonds. The molecule has 2 aromatic heterocycles. The number of rotatable bonds is 5. The fourth-order valence-corrected chi connectivity index (χ4v) is 6.11. The van der Waals surface area contributed by atoms with Crippen LogP contribution >= 0.6 is 0 Å². The minimum atomic E-state index is -4.16. The van der Waals surface area contributed by atoms with Gasteiger partial charge in [0.2, 0.25) is 0 Å². The molecule has 2 aromatic rings. The molecule has 2 aliphatic rings. The van der Waals surface area contributed by atoms with E-state index in [1.54, 1.807) is 13.8 Å². The van der Waals surface area contributed by atoms with Crippen LogP contribution in [0.4, 0.5) is 8.78 Å². The second-order valence-corrected chi connectivity index (χ2v) is 11.4. The Hall–Kier alpha value is -2.11. The third-order valence-corrected chi connectivity index (χ3v) is 7.68. The van der Waals surface area contributed by atoms with Gasteiger partial charge in [-0.25, -0.2) is 22.2 Å². The second-order valence-electron chi connectivity index (χ2n) is 9.50. The van der Waals surface area contributed by atoms with Crippen molar-refractivity contribution in [1.29, 1.82) is 0 Å². The lowest BCUT2D eigenvalue weighted by Crippen LogP contribution is -2.58. The lowest BCUT2D eigenvalue weighted by atomic mass is 9.94. The van der Waals surface area contributed by atoms with Crippen molar-refractivity contribution in [3.05, 3.63) is 29.6 Å². The van der Waals surface area contributed by atoms with Crippen molar-refractivity contribution < 1.29 is 26.7 Å². The van der Waals surface area contributed by atoms with E-state index in [0.717, 1.165) is 4.31 Å². The predicted octanol–water partition coefficient (Wildman–Crippen LogP) is 2.78. The highest BCUT2D eigenvalue weighted by Gasteiger charge is 2.51. The first-order chi connectivity index (χ1) is 14.8. The molecule has 0 aliphatic carbocycles. The summed E-state index contributed by atoms with van der Waals surface area (Å²) in [5.74, 6) is -3.56. The zero-order chi connectivity index (χ0) is 23.5. The summed E-state index contributed by atoms with van der Waals surface area (Å²) in [5.41, 5.74) is 0.594. The van der Waals surface area contributed by atoms with Crippen LogP contribution in [0.2, 0.25) is 0 Å². The maximum atomic E-state index is 13.3. The third-order valence-electron chi connectivity index (χ3n) is 5.85. The van der Waals surface area contributed by atoms with Crippen molar-refractivity contribution in [1.82, 2.24) is 19.0 Å². The zero-order valence-corrected chi connectivity index (χ0v) is 19.4. The Labute approximate surface area is 186 Å². The van der Waals surface area contributed by atoms with E-state index in [-0.39, 0.29) is 39.8 Å². The van der Waals surface area contributed by atoms with Crippen molar-refractivity contribution >= 4 is 21.6 Å². The smallest absolute Gasteiger partial charge is 0.275 e. The van der Waals surface area contributed by atoms with Gasteiger partial charge in [-0.15, -0.1) is 0 Å². The number of pyridine rings is 1. The lowest BCUT2D eigenvalue weighted by molar-refractivity contribution is -0.0946. The fourth-order valence-electron chi connectivity index (χ4n) is 4.20. The van der Waals surface area contributed by atoms with Crippen molar-refractivity contribution in [2.75, 3.05) is 19.7 Å². The minimum Gasteiger partial charge on any atom is -0.375 e. The van der Waals surface area contributed by atoms with Crippen LogP contribution in [0.3, 0.4) is 0 Å². The van der Waals surface area contributed by atoms with Gasteiger partial charge < -0.3 is 10.1 Å². The number of nitrogens with one attached hydrogen (secondary N) is 1. The zero-order valence-electron chi connectivity index (χ0n) is 18.6. The number of nitrogens with zero attached hydrogens (tertiary/aromatic N) is 3. The van der Waals surface area contributed by atoms with Crippen LogP contribution in [-0.4, -0.2) is 65.3 Å². The van der Waals surface area contributed by atoms with E-state index < -0.39 is 29.0 Å². The standard InChI is InChI=1S/C21H28F2N4O4S/c1-13(2)17-19(32(29,30)26-11-21(22,23)12-26)27-7-5-14(9-16(27)25-17)18(28)24-15-6-8-31-20(3,4)10-15/h5,7,9,13,15H,6,8,10-12H2,1-4H3,(H,24,28). The molecule has 0 aromatic carbocycles. The van der Waals surface area contributed by atoms with Crippen molar-refractivity contribution in [2.24, 2.45) is 0 Å². The van der Waals surface area contributed by atoms with E-state index in [1.165, 1.54) is 22.7 Å². The number of hydrogen-bond donors (Lipinski definition) is 1. The Bertz CT molecular complexity index is 1150. The molecule has 0 bridgehead atoms. The summed E-state index contributed by atoms with van der Waals surface area (Å²) in [5, 5.41) is 2.88. The van der Waals surface area contributed by atoms with Gasteiger partial charge in [0, 0.05) is 24.4 Å². The second kappa shape index (κ2) is 7.74. The van der Waals surface area contributed by atoms with Crippen LogP contribution in [0, 0.1) is 0 Å². The summed E-state index contributed by atoms with van der Waals surface area (Å²) in [4.78, 5) is 17.3. The summed E-state index contributed by atoms with van der Waals surface area (Å²) < 4.78 is 60.6. The molecule has 176 valence electrons. The Morgan fingerprint density at radius 1 is 1.31 bits per heavy atom. The molecule has 8 nitrogen and oxygen atoms in total. The van der Waals surface area contributed by atoms with Gasteiger partial charge in [0.25, 0.3) is 21.9 Å². The number of amides is 1. The average molecular weight is 471 g/mol. The van der Waals surface area contributed by atoms with Gasteiger partial charge in [0.1, 0.15) is 5.65 Å². The molecule has 2 fully saturated rings. The molecule has 1 unspecified atom stereocenters. The van der Waals surface area contributed by atoms with E-state index in [1.807, 2.05) is 13.8 Å². The number of imidazole rings is 1. The Balaban J connectivity index is 1.65. The van der Waals surface area contributed by atoms with E-state index >= 15 is 0 Å². The molecule has 4 rings (SSSR count). The number of ether oxygens (including phenoxy) is 1. The molecule has 2 saturated heterocycles. The highest BCUT2D eigenvalue weighted by Crippen LogP contribution is 2.35. The predicted molar refractivity (Wildman–Crippen MR) is 114 cm³/mol. The van der Waals surface area contributed by atoms with Gasteiger partial charge >= 0.3 is 0 Å². The number of hydrogen-bond acceptors (Lipinski definition) is 5. The molecule has 4 heterocycles. The van der Waals surface area contributed by atoms with Crippen molar-refractivity contribution in [2.45, 2.75) is 69.0 Å². The molecule has 0 radical (unpaired) electrons. The number of sulfonamides is 1.